The number of aromatic nitrogens is 2. The van der Waals surface area contributed by atoms with Crippen LogP contribution in [0.3, 0.4) is 0 Å². The fraction of sp³-hybridized carbons (Fsp3) is 0.417. The number of nitrogens with zero attached hydrogens (tertiary/aromatic N) is 3. The normalized spacial score (nSPS) is 19.9. The highest BCUT2D eigenvalue weighted by Gasteiger charge is 2.28. The SMILES string of the molecule is O=C(O)C1CCN(Cc2noc(-c3ccco3)n2)C1. The summed E-state index contributed by atoms with van der Waals surface area (Å²) in [6, 6.07) is 3.49. The Morgan fingerprint density at radius 2 is 2.47 bits per heavy atom. The molecule has 2 aromatic heterocycles. The lowest BCUT2D eigenvalue weighted by Gasteiger charge is -2.11. The third-order valence-corrected chi connectivity index (χ3v) is 3.19. The third kappa shape index (κ3) is 2.50. The van der Waals surface area contributed by atoms with Crippen molar-refractivity contribution in [1.29, 1.82) is 0 Å². The van der Waals surface area contributed by atoms with E-state index in [1.54, 1.807) is 12.1 Å². The van der Waals surface area contributed by atoms with E-state index >= 15 is 0 Å². The number of hydrogen-bond acceptors (Lipinski definition) is 6. The van der Waals surface area contributed by atoms with Crippen LogP contribution in [0, 0.1) is 5.92 Å². The Morgan fingerprint density at radius 1 is 1.58 bits per heavy atom. The van der Waals surface area contributed by atoms with E-state index in [0.717, 1.165) is 6.54 Å². The van der Waals surface area contributed by atoms with Crippen LogP contribution in [0.2, 0.25) is 0 Å². The van der Waals surface area contributed by atoms with Gasteiger partial charge in [0, 0.05) is 6.54 Å². The van der Waals surface area contributed by atoms with E-state index in [1.807, 2.05) is 4.90 Å². The van der Waals surface area contributed by atoms with Gasteiger partial charge in [0.1, 0.15) is 0 Å². The van der Waals surface area contributed by atoms with E-state index in [9.17, 15) is 4.79 Å². The number of carboxylic acid groups (broad SMARTS) is 1. The molecular weight excluding hydrogens is 250 g/mol. The molecule has 0 bridgehead atoms. The van der Waals surface area contributed by atoms with Crippen LogP contribution in [0.4, 0.5) is 0 Å². The van der Waals surface area contributed by atoms with Crippen LogP contribution in [0.5, 0.6) is 0 Å². The summed E-state index contributed by atoms with van der Waals surface area (Å²) in [6.07, 6.45) is 2.20. The van der Waals surface area contributed by atoms with Crippen molar-refractivity contribution < 1.29 is 18.8 Å². The zero-order chi connectivity index (χ0) is 13.2. The molecule has 100 valence electrons. The zero-order valence-corrected chi connectivity index (χ0v) is 10.2. The van der Waals surface area contributed by atoms with Gasteiger partial charge in [0.05, 0.1) is 18.7 Å². The second-order valence-corrected chi connectivity index (χ2v) is 4.55. The maximum absolute atomic E-state index is 10.9. The summed E-state index contributed by atoms with van der Waals surface area (Å²) in [4.78, 5) is 17.1. The van der Waals surface area contributed by atoms with Crippen molar-refractivity contribution in [3.63, 3.8) is 0 Å². The van der Waals surface area contributed by atoms with Crippen molar-refractivity contribution in [3.05, 3.63) is 24.2 Å². The van der Waals surface area contributed by atoms with Crippen LogP contribution in [0.1, 0.15) is 12.2 Å². The summed E-state index contributed by atoms with van der Waals surface area (Å²) >= 11 is 0. The topological polar surface area (TPSA) is 92.6 Å². The monoisotopic (exact) mass is 263 g/mol. The maximum atomic E-state index is 10.9. The van der Waals surface area contributed by atoms with Crippen LogP contribution in [0.25, 0.3) is 11.7 Å². The van der Waals surface area contributed by atoms with Crippen LogP contribution in [-0.4, -0.2) is 39.2 Å². The Kier molecular flexibility index (Phi) is 3.04. The number of rotatable bonds is 4. The van der Waals surface area contributed by atoms with Crippen LogP contribution in [0.15, 0.2) is 27.3 Å². The standard InChI is InChI=1S/C12H13N3O4/c16-12(17)8-3-4-15(6-8)7-10-13-11(19-14-10)9-2-1-5-18-9/h1-2,5,8H,3-4,6-7H2,(H,16,17). The van der Waals surface area contributed by atoms with Gasteiger partial charge in [0.15, 0.2) is 11.6 Å². The average molecular weight is 263 g/mol. The zero-order valence-electron chi connectivity index (χ0n) is 10.2. The van der Waals surface area contributed by atoms with Crippen molar-refractivity contribution in [1.82, 2.24) is 15.0 Å². The van der Waals surface area contributed by atoms with E-state index in [0.29, 0.717) is 37.0 Å². The minimum atomic E-state index is -0.744. The highest BCUT2D eigenvalue weighted by Crippen LogP contribution is 2.20. The summed E-state index contributed by atoms with van der Waals surface area (Å²) in [7, 11) is 0. The molecule has 7 heteroatoms. The molecule has 1 unspecified atom stereocenters. The van der Waals surface area contributed by atoms with E-state index < -0.39 is 5.97 Å². The smallest absolute Gasteiger partial charge is 0.307 e. The summed E-state index contributed by atoms with van der Waals surface area (Å²) < 4.78 is 10.3. The van der Waals surface area contributed by atoms with Crippen molar-refractivity contribution >= 4 is 5.97 Å². The molecule has 1 saturated heterocycles. The van der Waals surface area contributed by atoms with Gasteiger partial charge in [-0.2, -0.15) is 4.98 Å². The molecule has 1 atom stereocenters. The average Bonchev–Trinajstić information content (AvgIpc) is 3.09. The quantitative estimate of drug-likeness (QED) is 0.886. The maximum Gasteiger partial charge on any atom is 0.307 e. The van der Waals surface area contributed by atoms with Crippen LogP contribution in [-0.2, 0) is 11.3 Å². The summed E-state index contributed by atoms with van der Waals surface area (Å²) in [5, 5.41) is 12.8. The number of aliphatic carboxylic acids is 1. The fourth-order valence-electron chi connectivity index (χ4n) is 2.20. The van der Waals surface area contributed by atoms with Crippen molar-refractivity contribution in [2.75, 3.05) is 13.1 Å². The van der Waals surface area contributed by atoms with Gasteiger partial charge >= 0.3 is 5.97 Å². The second-order valence-electron chi connectivity index (χ2n) is 4.55. The lowest BCUT2D eigenvalue weighted by Crippen LogP contribution is -2.23. The molecule has 3 heterocycles. The second kappa shape index (κ2) is 4.85. The van der Waals surface area contributed by atoms with E-state index in [-0.39, 0.29) is 5.92 Å². The largest absolute Gasteiger partial charge is 0.481 e. The molecule has 0 saturated carbocycles. The first kappa shape index (κ1) is 11.9. The first-order chi connectivity index (χ1) is 9.22. The molecule has 1 aliphatic rings. The summed E-state index contributed by atoms with van der Waals surface area (Å²) in [6.45, 7) is 1.76. The van der Waals surface area contributed by atoms with Crippen LogP contribution < -0.4 is 0 Å². The lowest BCUT2D eigenvalue weighted by atomic mass is 10.1. The van der Waals surface area contributed by atoms with E-state index in [2.05, 4.69) is 10.1 Å². The van der Waals surface area contributed by atoms with Crippen molar-refractivity contribution in [2.45, 2.75) is 13.0 Å². The predicted octanol–water partition coefficient (Wildman–Crippen LogP) is 1.24. The lowest BCUT2D eigenvalue weighted by molar-refractivity contribution is -0.141. The van der Waals surface area contributed by atoms with Gasteiger partial charge < -0.3 is 14.0 Å². The van der Waals surface area contributed by atoms with Gasteiger partial charge in [0.25, 0.3) is 5.89 Å². The molecule has 2 aromatic rings. The molecule has 1 fully saturated rings. The van der Waals surface area contributed by atoms with E-state index in [4.69, 9.17) is 14.0 Å². The number of hydrogen-bond donors (Lipinski definition) is 1. The van der Waals surface area contributed by atoms with Gasteiger partial charge in [-0.1, -0.05) is 5.16 Å². The minimum Gasteiger partial charge on any atom is -0.481 e. The minimum absolute atomic E-state index is 0.295. The molecule has 3 rings (SSSR count). The Labute approximate surface area is 108 Å². The fourth-order valence-corrected chi connectivity index (χ4v) is 2.20. The van der Waals surface area contributed by atoms with Crippen molar-refractivity contribution in [3.8, 4) is 11.7 Å². The predicted molar refractivity (Wildman–Crippen MR) is 63.0 cm³/mol. The number of likely N-dealkylation sites (tertiary alicyclic amines) is 1. The molecule has 0 aromatic carbocycles. The Balaban J connectivity index is 1.64. The number of furan rings is 1. The first-order valence-electron chi connectivity index (χ1n) is 6.04. The van der Waals surface area contributed by atoms with E-state index in [1.165, 1.54) is 6.26 Å². The van der Waals surface area contributed by atoms with Crippen LogP contribution >= 0.6 is 0 Å². The third-order valence-electron chi connectivity index (χ3n) is 3.19. The molecule has 7 nitrogen and oxygen atoms in total. The molecule has 0 radical (unpaired) electrons. The van der Waals surface area contributed by atoms with Crippen molar-refractivity contribution in [2.24, 2.45) is 5.92 Å². The summed E-state index contributed by atoms with van der Waals surface area (Å²) in [5.41, 5.74) is 0. The number of carboxylic acids is 1. The van der Waals surface area contributed by atoms with Gasteiger partial charge in [-0.05, 0) is 25.1 Å². The highest BCUT2D eigenvalue weighted by molar-refractivity contribution is 5.70. The molecule has 19 heavy (non-hydrogen) atoms. The Bertz CT molecular complexity index is 563. The molecule has 0 amide bonds. The Morgan fingerprint density at radius 3 is 3.16 bits per heavy atom. The molecular formula is C12H13N3O4. The molecule has 1 N–H and O–H groups in total. The molecule has 0 spiro atoms. The van der Waals surface area contributed by atoms with Gasteiger partial charge in [-0.15, -0.1) is 0 Å². The first-order valence-corrected chi connectivity index (χ1v) is 6.04. The van der Waals surface area contributed by atoms with Gasteiger partial charge in [0.2, 0.25) is 0 Å². The van der Waals surface area contributed by atoms with Gasteiger partial charge in [-0.3, -0.25) is 9.69 Å². The Hall–Kier alpha value is -2.15. The summed E-state index contributed by atoms with van der Waals surface area (Å²) in [5.74, 6) is 0.373. The highest BCUT2D eigenvalue weighted by atomic mass is 16.5. The number of carbonyl (C=O) groups is 1. The van der Waals surface area contributed by atoms with Gasteiger partial charge in [-0.25, -0.2) is 0 Å². The molecule has 1 aliphatic heterocycles. The molecule has 0 aliphatic carbocycles.